The van der Waals surface area contributed by atoms with Gasteiger partial charge in [0.25, 0.3) is 5.89 Å². The van der Waals surface area contributed by atoms with E-state index >= 15 is 0 Å². The van der Waals surface area contributed by atoms with Crippen molar-refractivity contribution in [1.82, 2.24) is 4.98 Å². The Kier molecular flexibility index (Phi) is 6.26. The van der Waals surface area contributed by atoms with Crippen molar-refractivity contribution in [2.75, 3.05) is 0 Å². The van der Waals surface area contributed by atoms with Crippen LogP contribution in [0.2, 0.25) is 0 Å². The Morgan fingerprint density at radius 1 is 0.967 bits per heavy atom. The van der Waals surface area contributed by atoms with E-state index in [0.29, 0.717) is 29.9 Å². The molecule has 1 saturated carbocycles. The van der Waals surface area contributed by atoms with Crippen LogP contribution in [-0.4, -0.2) is 16.7 Å². The predicted molar refractivity (Wildman–Crippen MR) is 116 cm³/mol. The maximum absolute atomic E-state index is 13.4. The van der Waals surface area contributed by atoms with Gasteiger partial charge in [0.2, 0.25) is 11.7 Å². The summed E-state index contributed by atoms with van der Waals surface area (Å²) in [7, 11) is 0. The van der Waals surface area contributed by atoms with E-state index in [1.54, 1.807) is 0 Å². The summed E-state index contributed by atoms with van der Waals surface area (Å²) in [6.45, 7) is 0. The average molecular weight is 405 g/mol. The number of aromatic nitrogens is 1. The number of primary amides is 1. The molecule has 0 saturated heterocycles. The maximum atomic E-state index is 13.4. The molecule has 5 nitrogen and oxygen atoms in total. The van der Waals surface area contributed by atoms with Crippen LogP contribution >= 0.6 is 0 Å². The highest BCUT2D eigenvalue weighted by Gasteiger charge is 2.32. The molecule has 0 aliphatic heterocycles. The van der Waals surface area contributed by atoms with E-state index in [-0.39, 0.29) is 23.5 Å². The third kappa shape index (κ3) is 4.45. The van der Waals surface area contributed by atoms with Crippen LogP contribution < -0.4 is 5.73 Å². The van der Waals surface area contributed by atoms with E-state index in [4.69, 9.17) is 10.2 Å². The topological polar surface area (TPSA) is 86.2 Å². The van der Waals surface area contributed by atoms with Gasteiger partial charge in [0.05, 0.1) is 5.92 Å². The summed E-state index contributed by atoms with van der Waals surface area (Å²) in [6, 6.07) is 17.0. The molecule has 1 fully saturated rings. The minimum atomic E-state index is -0.412. The van der Waals surface area contributed by atoms with E-state index in [9.17, 15) is 9.59 Å². The molecule has 2 atom stereocenters. The molecule has 0 bridgehead atoms. The van der Waals surface area contributed by atoms with Crippen molar-refractivity contribution < 1.29 is 14.0 Å². The number of nitrogens with zero attached hydrogens (tertiary/aromatic N) is 1. The minimum Gasteiger partial charge on any atom is -0.434 e. The lowest BCUT2D eigenvalue weighted by Gasteiger charge is -2.29. The van der Waals surface area contributed by atoms with Gasteiger partial charge >= 0.3 is 0 Å². The average Bonchev–Trinajstić information content (AvgIpc) is 3.22. The molecule has 1 heterocycles. The van der Waals surface area contributed by atoms with Gasteiger partial charge in [0.1, 0.15) is 5.52 Å². The summed E-state index contributed by atoms with van der Waals surface area (Å²) in [4.78, 5) is 30.0. The molecule has 2 N–H and O–H groups in total. The van der Waals surface area contributed by atoms with E-state index in [0.717, 1.165) is 31.2 Å². The maximum Gasteiger partial charge on any atom is 0.264 e. The first-order chi connectivity index (χ1) is 14.6. The molecule has 0 radical (unpaired) electrons. The normalized spacial score (nSPS) is 16.9. The zero-order valence-corrected chi connectivity index (χ0v) is 17.1. The largest absolute Gasteiger partial charge is 0.434 e. The number of fused-ring (bicyclic) bond motifs is 1. The van der Waals surface area contributed by atoms with Gasteiger partial charge in [-0.25, -0.2) is 4.98 Å². The molecule has 30 heavy (non-hydrogen) atoms. The lowest BCUT2D eigenvalue weighted by atomic mass is 9.76. The number of ketones is 1. The third-order valence-electron chi connectivity index (χ3n) is 6.37. The second-order valence-corrected chi connectivity index (χ2v) is 8.30. The first-order valence-corrected chi connectivity index (χ1v) is 10.9. The van der Waals surface area contributed by atoms with Crippen molar-refractivity contribution in [3.63, 3.8) is 0 Å². The van der Waals surface area contributed by atoms with Gasteiger partial charge in [-0.05, 0) is 49.3 Å². The smallest absolute Gasteiger partial charge is 0.264 e. The number of hydrogen-bond donors (Lipinski definition) is 1. The first-order valence-electron chi connectivity index (χ1n) is 10.9. The number of oxazole rings is 1. The lowest BCUT2D eigenvalue weighted by Crippen LogP contribution is -2.32. The van der Waals surface area contributed by atoms with Crippen molar-refractivity contribution in [3.8, 4) is 0 Å². The fraction of sp³-hybridized carbons (Fsp3) is 0.400. The van der Waals surface area contributed by atoms with Crippen LogP contribution in [0.15, 0.2) is 59.0 Å². The van der Waals surface area contributed by atoms with E-state index < -0.39 is 5.92 Å². The number of Topliss-reactive ketones (excluding diaryl/α,β-unsaturated/α-hetero) is 1. The van der Waals surface area contributed by atoms with E-state index in [2.05, 4.69) is 4.98 Å². The third-order valence-corrected chi connectivity index (χ3v) is 6.37. The van der Waals surface area contributed by atoms with Gasteiger partial charge in [-0.15, -0.1) is 0 Å². The van der Waals surface area contributed by atoms with E-state index in [1.807, 2.05) is 54.6 Å². The zero-order valence-electron chi connectivity index (χ0n) is 17.1. The van der Waals surface area contributed by atoms with Crippen LogP contribution in [0.25, 0.3) is 11.1 Å². The summed E-state index contributed by atoms with van der Waals surface area (Å²) >= 11 is 0. The van der Waals surface area contributed by atoms with Crippen LogP contribution in [0.1, 0.15) is 67.1 Å². The SMILES string of the molecule is NC(=O)C(CCC(C(=O)c1nc2ccccc2o1)c1ccccc1)C1CCCCC1. The molecule has 2 aromatic carbocycles. The summed E-state index contributed by atoms with van der Waals surface area (Å²) in [5.74, 6) is -0.546. The molecular weight excluding hydrogens is 376 g/mol. The quantitative estimate of drug-likeness (QED) is 0.519. The summed E-state index contributed by atoms with van der Waals surface area (Å²) < 4.78 is 5.75. The molecule has 1 aliphatic carbocycles. The molecule has 1 aromatic heterocycles. The molecule has 0 spiro atoms. The number of benzene rings is 2. The van der Waals surface area contributed by atoms with E-state index in [1.165, 1.54) is 6.42 Å². The fourth-order valence-electron chi connectivity index (χ4n) is 4.75. The molecule has 1 amide bonds. The van der Waals surface area contributed by atoms with Gasteiger partial charge in [-0.1, -0.05) is 61.7 Å². The molecule has 2 unspecified atom stereocenters. The van der Waals surface area contributed by atoms with Gasteiger partial charge in [0, 0.05) is 5.92 Å². The Labute approximate surface area is 176 Å². The Bertz CT molecular complexity index is 972. The molecule has 1 aliphatic rings. The monoisotopic (exact) mass is 404 g/mol. The van der Waals surface area contributed by atoms with Crippen LogP contribution in [0.4, 0.5) is 0 Å². The second-order valence-electron chi connectivity index (χ2n) is 8.30. The van der Waals surface area contributed by atoms with Crippen molar-refractivity contribution >= 4 is 22.8 Å². The highest BCUT2D eigenvalue weighted by atomic mass is 16.4. The lowest BCUT2D eigenvalue weighted by molar-refractivity contribution is -0.124. The van der Waals surface area contributed by atoms with Crippen molar-refractivity contribution in [2.45, 2.75) is 50.9 Å². The number of carbonyl (C=O) groups excluding carboxylic acids is 2. The summed E-state index contributed by atoms with van der Waals surface area (Å²) in [6.07, 6.45) is 6.77. The number of hydrogen-bond acceptors (Lipinski definition) is 4. The van der Waals surface area contributed by atoms with Crippen molar-refractivity contribution in [3.05, 3.63) is 66.1 Å². The van der Waals surface area contributed by atoms with Crippen molar-refractivity contribution in [1.29, 1.82) is 0 Å². The van der Waals surface area contributed by atoms with Gasteiger partial charge in [-0.3, -0.25) is 9.59 Å². The van der Waals surface area contributed by atoms with Crippen LogP contribution in [0, 0.1) is 11.8 Å². The molecular formula is C25H28N2O3. The number of carbonyl (C=O) groups is 2. The Hall–Kier alpha value is -2.95. The predicted octanol–water partition coefficient (Wildman–Crippen LogP) is 5.26. The first kappa shape index (κ1) is 20.3. The second kappa shape index (κ2) is 9.24. The Morgan fingerprint density at radius 2 is 1.67 bits per heavy atom. The van der Waals surface area contributed by atoms with Gasteiger partial charge < -0.3 is 10.2 Å². The molecule has 4 rings (SSSR count). The Morgan fingerprint density at radius 3 is 2.37 bits per heavy atom. The molecule has 3 aromatic rings. The minimum absolute atomic E-state index is 0.123. The standard InChI is InChI=1S/C25H28N2O3/c26-24(29)20(18-11-5-2-6-12-18)16-15-19(17-9-3-1-4-10-17)23(28)25-27-21-13-7-8-14-22(21)30-25/h1,3-4,7-10,13-14,18-20H,2,5-6,11-12,15-16H2,(H2,26,29). The van der Waals surface area contributed by atoms with Crippen LogP contribution in [0.5, 0.6) is 0 Å². The number of amides is 1. The highest BCUT2D eigenvalue weighted by molar-refractivity contribution is 5.99. The zero-order chi connectivity index (χ0) is 20.9. The highest BCUT2D eigenvalue weighted by Crippen LogP contribution is 2.35. The van der Waals surface area contributed by atoms with Gasteiger partial charge in [-0.2, -0.15) is 0 Å². The number of nitrogens with two attached hydrogens (primary N) is 1. The van der Waals surface area contributed by atoms with Crippen LogP contribution in [0.3, 0.4) is 0 Å². The number of para-hydroxylation sites is 2. The van der Waals surface area contributed by atoms with Gasteiger partial charge in [0.15, 0.2) is 5.58 Å². The van der Waals surface area contributed by atoms with Crippen molar-refractivity contribution in [2.24, 2.45) is 17.6 Å². The summed E-state index contributed by atoms with van der Waals surface area (Å²) in [5, 5.41) is 0. The van der Waals surface area contributed by atoms with Crippen LogP contribution in [-0.2, 0) is 4.79 Å². The Balaban J connectivity index is 1.58. The summed E-state index contributed by atoms with van der Waals surface area (Å²) in [5.41, 5.74) is 7.96. The fourth-order valence-corrected chi connectivity index (χ4v) is 4.75. The molecule has 156 valence electrons. The molecule has 5 heteroatoms. The number of rotatable bonds is 8.